The van der Waals surface area contributed by atoms with Gasteiger partial charge in [0.15, 0.2) is 5.78 Å². The maximum atomic E-state index is 12.0. The number of ketones is 1. The van der Waals surface area contributed by atoms with E-state index in [0.717, 1.165) is 5.57 Å². The van der Waals surface area contributed by atoms with Crippen molar-refractivity contribution in [2.24, 2.45) is 17.8 Å². The van der Waals surface area contributed by atoms with Gasteiger partial charge < -0.3 is 4.74 Å². The molecule has 3 atom stereocenters. The first-order valence-corrected chi connectivity index (χ1v) is 5.92. The molecule has 90 valence electrons. The summed E-state index contributed by atoms with van der Waals surface area (Å²) in [6, 6.07) is 0. The highest BCUT2D eigenvalue weighted by Gasteiger charge is 2.39. The summed E-state index contributed by atoms with van der Waals surface area (Å²) in [6.45, 7) is 4.02. The Kier molecular flexibility index (Phi) is 3.27. The van der Waals surface area contributed by atoms with Gasteiger partial charge in [0.2, 0.25) is 0 Å². The molecule has 0 unspecified atom stereocenters. The Labute approximate surface area is 101 Å². The number of rotatable bonds is 2. The minimum absolute atomic E-state index is 0.0450. The largest absolute Gasteiger partial charge is 0.466 e. The second kappa shape index (κ2) is 4.70. The standard InChI is InChI=1S/C14H16O3/c1-3-10-11-7-5-9(6-8-12(11)15)13(10)14(16)17-4-2/h3,5-9,11,13H,4H2,1-2H3/b10-3+/t9-,11-,13-/m1/s1. The molecule has 0 fully saturated rings. The highest BCUT2D eigenvalue weighted by atomic mass is 16.5. The van der Waals surface area contributed by atoms with E-state index < -0.39 is 0 Å². The fourth-order valence-electron chi connectivity index (χ4n) is 2.51. The fraction of sp³-hybridized carbons (Fsp3) is 0.429. The molecule has 0 aromatic heterocycles. The summed E-state index contributed by atoms with van der Waals surface area (Å²) >= 11 is 0. The van der Waals surface area contributed by atoms with E-state index in [4.69, 9.17) is 4.74 Å². The van der Waals surface area contributed by atoms with Crippen molar-refractivity contribution in [1.82, 2.24) is 0 Å². The number of allylic oxidation sites excluding steroid dienone is 5. The molecule has 0 heterocycles. The average molecular weight is 232 g/mol. The SMILES string of the molecule is C/C=C1\[C@H]2C=C[C@H](C=CC2=O)[C@H]1C(=O)OCC. The number of carbonyl (C=O) groups is 2. The minimum atomic E-state index is -0.336. The van der Waals surface area contributed by atoms with E-state index in [0.29, 0.717) is 6.61 Å². The van der Waals surface area contributed by atoms with Crippen LogP contribution < -0.4 is 0 Å². The molecule has 0 aromatic rings. The molecule has 0 spiro atoms. The van der Waals surface area contributed by atoms with Gasteiger partial charge in [0.25, 0.3) is 0 Å². The predicted molar refractivity (Wildman–Crippen MR) is 64.1 cm³/mol. The molecule has 0 N–H and O–H groups in total. The lowest BCUT2D eigenvalue weighted by atomic mass is 9.75. The van der Waals surface area contributed by atoms with Crippen LogP contribution >= 0.6 is 0 Å². The number of hydrogen-bond donors (Lipinski definition) is 0. The highest BCUT2D eigenvalue weighted by molar-refractivity contribution is 5.98. The van der Waals surface area contributed by atoms with Crippen molar-refractivity contribution in [3.8, 4) is 0 Å². The molecule has 0 saturated carbocycles. The molecule has 3 nitrogen and oxygen atoms in total. The van der Waals surface area contributed by atoms with Crippen LogP contribution in [0.15, 0.2) is 36.0 Å². The number of esters is 1. The molecule has 0 aliphatic heterocycles. The molecule has 3 heteroatoms. The van der Waals surface area contributed by atoms with Gasteiger partial charge in [-0.05, 0) is 25.5 Å². The summed E-state index contributed by atoms with van der Waals surface area (Å²) < 4.78 is 5.10. The normalized spacial score (nSPS) is 32.9. The predicted octanol–water partition coefficient (Wildman–Crippen LogP) is 2.05. The van der Waals surface area contributed by atoms with E-state index in [1.807, 2.05) is 25.2 Å². The number of fused-ring (bicyclic) bond motifs is 2. The van der Waals surface area contributed by atoms with Gasteiger partial charge in [0.1, 0.15) is 0 Å². The molecule has 3 aliphatic rings. The van der Waals surface area contributed by atoms with Gasteiger partial charge in [-0.3, -0.25) is 9.59 Å². The monoisotopic (exact) mass is 232 g/mol. The van der Waals surface area contributed by atoms with Gasteiger partial charge in [0, 0.05) is 5.92 Å². The summed E-state index contributed by atoms with van der Waals surface area (Å²) in [5.74, 6) is -0.868. The first-order valence-electron chi connectivity index (χ1n) is 5.92. The fourth-order valence-corrected chi connectivity index (χ4v) is 2.51. The number of hydrogen-bond acceptors (Lipinski definition) is 3. The number of carbonyl (C=O) groups excluding carboxylic acids is 2. The van der Waals surface area contributed by atoms with Crippen LogP contribution in [0.5, 0.6) is 0 Å². The Morgan fingerprint density at radius 2 is 2.18 bits per heavy atom. The lowest BCUT2D eigenvalue weighted by Crippen LogP contribution is -2.31. The van der Waals surface area contributed by atoms with Gasteiger partial charge in [-0.1, -0.05) is 24.3 Å². The molecule has 0 aromatic carbocycles. The van der Waals surface area contributed by atoms with E-state index in [1.54, 1.807) is 19.1 Å². The van der Waals surface area contributed by atoms with Gasteiger partial charge in [-0.15, -0.1) is 0 Å². The smallest absolute Gasteiger partial charge is 0.314 e. The highest BCUT2D eigenvalue weighted by Crippen LogP contribution is 2.38. The summed E-state index contributed by atoms with van der Waals surface area (Å²) in [6.07, 6.45) is 9.07. The third kappa shape index (κ3) is 1.97. The van der Waals surface area contributed by atoms with Gasteiger partial charge in [-0.25, -0.2) is 0 Å². The maximum Gasteiger partial charge on any atom is 0.314 e. The van der Waals surface area contributed by atoms with Crippen LogP contribution in [0.2, 0.25) is 0 Å². The average Bonchev–Trinajstić information content (AvgIpc) is 2.58. The quantitative estimate of drug-likeness (QED) is 0.540. The van der Waals surface area contributed by atoms with E-state index in [1.165, 1.54) is 0 Å². The first kappa shape index (κ1) is 11.8. The molecule has 0 radical (unpaired) electrons. The zero-order chi connectivity index (χ0) is 12.4. The zero-order valence-corrected chi connectivity index (χ0v) is 10.1. The third-order valence-electron chi connectivity index (χ3n) is 3.29. The van der Waals surface area contributed by atoms with Crippen LogP contribution in [-0.2, 0) is 14.3 Å². The second-order valence-corrected chi connectivity index (χ2v) is 4.22. The van der Waals surface area contributed by atoms with Crippen LogP contribution in [0.1, 0.15) is 13.8 Å². The Hall–Kier alpha value is -1.64. The van der Waals surface area contributed by atoms with Crippen molar-refractivity contribution in [2.45, 2.75) is 13.8 Å². The minimum Gasteiger partial charge on any atom is -0.466 e. The van der Waals surface area contributed by atoms with Gasteiger partial charge >= 0.3 is 5.97 Å². The molecule has 17 heavy (non-hydrogen) atoms. The Bertz CT molecular complexity index is 429. The number of ether oxygens (including phenoxy) is 1. The molecule has 3 aliphatic carbocycles. The lowest BCUT2D eigenvalue weighted by Gasteiger charge is -2.28. The summed E-state index contributed by atoms with van der Waals surface area (Å²) in [7, 11) is 0. The van der Waals surface area contributed by atoms with Crippen LogP contribution in [0.4, 0.5) is 0 Å². The zero-order valence-electron chi connectivity index (χ0n) is 10.1. The Morgan fingerprint density at radius 1 is 1.41 bits per heavy atom. The Balaban J connectivity index is 2.39. The molecule has 3 rings (SSSR count). The maximum absolute atomic E-state index is 12.0. The van der Waals surface area contributed by atoms with E-state index in [9.17, 15) is 9.59 Å². The topological polar surface area (TPSA) is 43.4 Å². The van der Waals surface area contributed by atoms with E-state index >= 15 is 0 Å². The molecular weight excluding hydrogens is 216 g/mol. The van der Waals surface area contributed by atoms with Crippen LogP contribution in [0.25, 0.3) is 0 Å². The molecule has 0 amide bonds. The molecular formula is C14H16O3. The molecule has 0 saturated heterocycles. The molecule has 2 bridgehead atoms. The van der Waals surface area contributed by atoms with Crippen molar-refractivity contribution < 1.29 is 14.3 Å². The van der Waals surface area contributed by atoms with Crippen molar-refractivity contribution >= 4 is 11.8 Å². The van der Waals surface area contributed by atoms with Crippen LogP contribution in [0.3, 0.4) is 0 Å². The van der Waals surface area contributed by atoms with Crippen molar-refractivity contribution in [3.63, 3.8) is 0 Å². The first-order chi connectivity index (χ1) is 8.19. The summed E-state index contributed by atoms with van der Waals surface area (Å²) in [5, 5.41) is 0. The third-order valence-corrected chi connectivity index (χ3v) is 3.29. The van der Waals surface area contributed by atoms with Crippen LogP contribution in [-0.4, -0.2) is 18.4 Å². The van der Waals surface area contributed by atoms with Crippen molar-refractivity contribution in [2.75, 3.05) is 6.61 Å². The van der Waals surface area contributed by atoms with Crippen molar-refractivity contribution in [3.05, 3.63) is 36.0 Å². The summed E-state index contributed by atoms with van der Waals surface area (Å²) in [4.78, 5) is 23.8. The second-order valence-electron chi connectivity index (χ2n) is 4.22. The van der Waals surface area contributed by atoms with Crippen LogP contribution in [0, 0.1) is 17.8 Å². The van der Waals surface area contributed by atoms with Crippen molar-refractivity contribution in [1.29, 1.82) is 0 Å². The van der Waals surface area contributed by atoms with E-state index in [2.05, 4.69) is 0 Å². The van der Waals surface area contributed by atoms with Gasteiger partial charge in [-0.2, -0.15) is 0 Å². The Morgan fingerprint density at radius 3 is 2.82 bits per heavy atom. The lowest BCUT2D eigenvalue weighted by molar-refractivity contribution is -0.147. The summed E-state index contributed by atoms with van der Waals surface area (Å²) in [5.41, 5.74) is 0.867. The van der Waals surface area contributed by atoms with E-state index in [-0.39, 0.29) is 29.5 Å². The van der Waals surface area contributed by atoms with Gasteiger partial charge in [0.05, 0.1) is 18.4 Å².